The minimum absolute atomic E-state index is 0.300. The lowest BCUT2D eigenvalue weighted by Gasteiger charge is -2.16. The first-order chi connectivity index (χ1) is 16.1. The van der Waals surface area contributed by atoms with Gasteiger partial charge in [-0.25, -0.2) is 4.98 Å². The normalized spacial score (nSPS) is 12.6. The van der Waals surface area contributed by atoms with Crippen molar-refractivity contribution in [2.45, 2.75) is 111 Å². The number of hydrogen-bond donors (Lipinski definition) is 0. The van der Waals surface area contributed by atoms with Crippen molar-refractivity contribution < 1.29 is 0 Å². The number of aryl methyl sites for hydroxylation is 1. The largest absolute Gasteiger partial charge is 0.327 e. The molecule has 2 nitrogen and oxygen atoms in total. The number of aromatic nitrogens is 2. The number of nitrogens with zero attached hydrogens (tertiary/aromatic N) is 2. The van der Waals surface area contributed by atoms with Crippen molar-refractivity contribution in [3.8, 4) is 0 Å². The van der Waals surface area contributed by atoms with Gasteiger partial charge in [-0.3, -0.25) is 0 Å². The summed E-state index contributed by atoms with van der Waals surface area (Å²) in [4.78, 5) is 5.09. The summed E-state index contributed by atoms with van der Waals surface area (Å²) in [5, 5.41) is 0. The van der Waals surface area contributed by atoms with Crippen LogP contribution in [0.4, 0.5) is 0 Å². The molecule has 1 atom stereocenters. The molecule has 0 radical (unpaired) electrons. The number of hydrogen-bond acceptors (Lipinski definition) is 1. The van der Waals surface area contributed by atoms with E-state index in [0.29, 0.717) is 11.8 Å². The van der Waals surface area contributed by atoms with Crippen molar-refractivity contribution in [1.29, 1.82) is 0 Å². The first-order valence-corrected chi connectivity index (χ1v) is 13.6. The molecule has 2 aromatic carbocycles. The highest BCUT2D eigenvalue weighted by atomic mass is 15.1. The van der Waals surface area contributed by atoms with Crippen molar-refractivity contribution in [2.24, 2.45) is 5.92 Å². The molecule has 0 aliphatic heterocycles. The lowest BCUT2D eigenvalue weighted by Crippen LogP contribution is -2.09. The highest BCUT2D eigenvalue weighted by Crippen LogP contribution is 2.28. The maximum Gasteiger partial charge on any atom is 0.117 e. The van der Waals surface area contributed by atoms with E-state index >= 15 is 0 Å². The van der Waals surface area contributed by atoms with Crippen LogP contribution in [0.3, 0.4) is 0 Å². The van der Waals surface area contributed by atoms with Gasteiger partial charge in [0.1, 0.15) is 5.82 Å². The quantitative estimate of drug-likeness (QED) is 0.213. The molecule has 0 spiro atoms. The Labute approximate surface area is 202 Å². The van der Waals surface area contributed by atoms with Crippen LogP contribution in [0.1, 0.15) is 115 Å². The van der Waals surface area contributed by atoms with E-state index in [9.17, 15) is 0 Å². The molecule has 0 N–H and O–H groups in total. The molecule has 0 fully saturated rings. The molecular formula is C31H46N2. The SMILES string of the molecule is CCCCCCCCCCCCn1c(C(C)c2ccc(CC(C)C)cc2)nc2ccccc21. The van der Waals surface area contributed by atoms with E-state index in [2.05, 4.69) is 80.8 Å². The van der Waals surface area contributed by atoms with Crippen LogP contribution in [0.25, 0.3) is 11.0 Å². The van der Waals surface area contributed by atoms with Crippen molar-refractivity contribution >= 4 is 11.0 Å². The Morgan fingerprint density at radius 1 is 0.727 bits per heavy atom. The minimum Gasteiger partial charge on any atom is -0.327 e. The minimum atomic E-state index is 0.300. The second-order valence-corrected chi connectivity index (χ2v) is 10.4. The zero-order valence-corrected chi connectivity index (χ0v) is 21.7. The molecule has 33 heavy (non-hydrogen) atoms. The molecule has 3 aromatic rings. The van der Waals surface area contributed by atoms with Crippen LogP contribution in [0.5, 0.6) is 0 Å². The molecule has 0 amide bonds. The van der Waals surface area contributed by atoms with E-state index in [1.54, 1.807) is 0 Å². The number of para-hydroxylation sites is 2. The molecule has 1 heterocycles. The molecule has 1 aromatic heterocycles. The monoisotopic (exact) mass is 446 g/mol. The van der Waals surface area contributed by atoms with Gasteiger partial charge >= 0.3 is 0 Å². The Bertz CT molecular complexity index is 935. The van der Waals surface area contributed by atoms with Crippen molar-refractivity contribution in [2.75, 3.05) is 0 Å². The Kier molecular flexibility index (Phi) is 10.5. The number of imidazole rings is 1. The van der Waals surface area contributed by atoms with E-state index in [1.807, 2.05) is 0 Å². The van der Waals surface area contributed by atoms with E-state index in [4.69, 9.17) is 4.98 Å². The van der Waals surface area contributed by atoms with Crippen LogP contribution >= 0.6 is 0 Å². The molecule has 2 heteroatoms. The highest BCUT2D eigenvalue weighted by molar-refractivity contribution is 5.76. The van der Waals surface area contributed by atoms with Crippen molar-refractivity contribution in [3.05, 3.63) is 65.5 Å². The standard InChI is InChI=1S/C31H46N2/c1-5-6-7-8-9-10-11-12-13-16-23-33-30-18-15-14-17-29(30)32-31(33)26(4)28-21-19-27(20-22-28)24-25(2)3/h14-15,17-22,25-26H,5-13,16,23-24H2,1-4H3. The van der Waals surface area contributed by atoms with E-state index < -0.39 is 0 Å². The van der Waals surface area contributed by atoms with Gasteiger partial charge < -0.3 is 4.57 Å². The first-order valence-electron chi connectivity index (χ1n) is 13.6. The lowest BCUT2D eigenvalue weighted by atomic mass is 9.96. The van der Waals surface area contributed by atoms with E-state index in [1.165, 1.54) is 86.7 Å². The predicted molar refractivity (Wildman–Crippen MR) is 144 cm³/mol. The summed E-state index contributed by atoms with van der Waals surface area (Å²) in [6, 6.07) is 17.9. The molecule has 0 aliphatic carbocycles. The van der Waals surface area contributed by atoms with Gasteiger partial charge in [-0.2, -0.15) is 0 Å². The summed E-state index contributed by atoms with van der Waals surface area (Å²) < 4.78 is 2.49. The first kappa shape index (κ1) is 25.5. The number of unbranched alkanes of at least 4 members (excludes halogenated alkanes) is 9. The van der Waals surface area contributed by atoms with Gasteiger partial charge in [-0.15, -0.1) is 0 Å². The molecular weight excluding hydrogens is 400 g/mol. The molecule has 180 valence electrons. The molecule has 3 rings (SSSR count). The van der Waals surface area contributed by atoms with E-state index in [-0.39, 0.29) is 0 Å². The van der Waals surface area contributed by atoms with Crippen molar-refractivity contribution in [3.63, 3.8) is 0 Å². The van der Waals surface area contributed by atoms with Gasteiger partial charge in [-0.1, -0.05) is 122 Å². The summed E-state index contributed by atoms with van der Waals surface area (Å²) in [7, 11) is 0. The molecule has 0 saturated heterocycles. The molecule has 0 saturated carbocycles. The topological polar surface area (TPSA) is 17.8 Å². The lowest BCUT2D eigenvalue weighted by molar-refractivity contribution is 0.530. The number of rotatable bonds is 15. The van der Waals surface area contributed by atoms with Crippen molar-refractivity contribution in [1.82, 2.24) is 9.55 Å². The summed E-state index contributed by atoms with van der Waals surface area (Å²) >= 11 is 0. The summed E-state index contributed by atoms with van der Waals surface area (Å²) in [6.07, 6.45) is 14.9. The third-order valence-corrected chi connectivity index (χ3v) is 6.93. The van der Waals surface area contributed by atoms with Gasteiger partial charge in [-0.05, 0) is 42.0 Å². The maximum absolute atomic E-state index is 5.09. The summed E-state index contributed by atoms with van der Waals surface area (Å²) in [5.41, 5.74) is 5.21. The number of fused-ring (bicyclic) bond motifs is 1. The molecule has 0 aliphatic rings. The third-order valence-electron chi connectivity index (χ3n) is 6.93. The molecule has 1 unspecified atom stereocenters. The zero-order valence-electron chi connectivity index (χ0n) is 21.7. The van der Waals surface area contributed by atoms with Gasteiger partial charge in [0.15, 0.2) is 0 Å². The van der Waals surface area contributed by atoms with Crippen LogP contribution in [-0.4, -0.2) is 9.55 Å². The maximum atomic E-state index is 5.09. The highest BCUT2D eigenvalue weighted by Gasteiger charge is 2.18. The van der Waals surface area contributed by atoms with Crippen LogP contribution in [0.2, 0.25) is 0 Å². The fourth-order valence-electron chi connectivity index (χ4n) is 4.98. The second kappa shape index (κ2) is 13.6. The Morgan fingerprint density at radius 3 is 1.97 bits per heavy atom. The Morgan fingerprint density at radius 2 is 1.33 bits per heavy atom. The second-order valence-electron chi connectivity index (χ2n) is 10.4. The van der Waals surface area contributed by atoms with E-state index in [0.717, 1.165) is 18.5 Å². The summed E-state index contributed by atoms with van der Waals surface area (Å²) in [6.45, 7) is 10.2. The van der Waals surface area contributed by atoms with Crippen LogP contribution in [-0.2, 0) is 13.0 Å². The van der Waals surface area contributed by atoms with Gasteiger partial charge in [0.2, 0.25) is 0 Å². The smallest absolute Gasteiger partial charge is 0.117 e. The van der Waals surface area contributed by atoms with Crippen LogP contribution < -0.4 is 0 Å². The fourth-order valence-corrected chi connectivity index (χ4v) is 4.98. The fraction of sp³-hybridized carbons (Fsp3) is 0.581. The zero-order chi connectivity index (χ0) is 23.5. The third kappa shape index (κ3) is 7.73. The Hall–Kier alpha value is -2.09. The van der Waals surface area contributed by atoms with Gasteiger partial charge in [0, 0.05) is 12.5 Å². The number of benzene rings is 2. The van der Waals surface area contributed by atoms with Crippen LogP contribution in [0, 0.1) is 5.92 Å². The van der Waals surface area contributed by atoms with Crippen LogP contribution in [0.15, 0.2) is 48.5 Å². The Balaban J connectivity index is 1.59. The van der Waals surface area contributed by atoms with Gasteiger partial charge in [0.25, 0.3) is 0 Å². The molecule has 0 bridgehead atoms. The average molecular weight is 447 g/mol. The average Bonchev–Trinajstić information content (AvgIpc) is 3.18. The van der Waals surface area contributed by atoms with Gasteiger partial charge in [0.05, 0.1) is 11.0 Å². The predicted octanol–water partition coefficient (Wildman–Crippen LogP) is 9.31. The summed E-state index contributed by atoms with van der Waals surface area (Å²) in [5.74, 6) is 2.20.